The van der Waals surface area contributed by atoms with E-state index in [1.807, 2.05) is 0 Å². The van der Waals surface area contributed by atoms with E-state index in [4.69, 9.17) is 5.73 Å². The number of rotatable bonds is 3. The Balaban J connectivity index is 2.76. The number of primary amides is 1. The van der Waals surface area contributed by atoms with E-state index in [0.29, 0.717) is 0 Å². The number of carbonyl (C=O) groups excluding carboxylic acids is 2. The van der Waals surface area contributed by atoms with Crippen LogP contribution in [0.5, 0.6) is 0 Å². The molecule has 1 rings (SSSR count). The van der Waals surface area contributed by atoms with E-state index < -0.39 is 11.6 Å². The lowest BCUT2D eigenvalue weighted by atomic mass is 9.79. The van der Waals surface area contributed by atoms with Crippen LogP contribution in [0.4, 0.5) is 4.79 Å². The second-order valence-corrected chi connectivity index (χ2v) is 7.57. The lowest BCUT2D eigenvalue weighted by Gasteiger charge is -2.47. The Hall–Kier alpha value is -1.50. The Morgan fingerprint density at radius 2 is 1.67 bits per heavy atom. The van der Waals surface area contributed by atoms with Gasteiger partial charge >= 0.3 is 6.03 Å². The number of nitrogens with zero attached hydrogens (tertiary/aromatic N) is 2. The van der Waals surface area contributed by atoms with Gasteiger partial charge in [0.25, 0.3) is 0 Å². The third-order valence-corrected chi connectivity index (χ3v) is 3.48. The van der Waals surface area contributed by atoms with Crippen LogP contribution < -0.4 is 16.4 Å². The Bertz CT molecular complexity index is 438. The van der Waals surface area contributed by atoms with Gasteiger partial charge in [0.05, 0.1) is 0 Å². The van der Waals surface area contributed by atoms with Crippen molar-refractivity contribution in [2.24, 2.45) is 16.0 Å². The van der Waals surface area contributed by atoms with Gasteiger partial charge in [-0.2, -0.15) is 5.11 Å². The van der Waals surface area contributed by atoms with Crippen LogP contribution in [0.2, 0.25) is 0 Å². The highest BCUT2D eigenvalue weighted by Gasteiger charge is 2.39. The molecule has 0 radical (unpaired) electrons. The predicted molar refractivity (Wildman–Crippen MR) is 81.0 cm³/mol. The van der Waals surface area contributed by atoms with Gasteiger partial charge in [-0.3, -0.25) is 4.79 Å². The summed E-state index contributed by atoms with van der Waals surface area (Å²) in [5, 5.41) is 13.5. The van der Waals surface area contributed by atoms with Gasteiger partial charge in [0.15, 0.2) is 5.54 Å². The van der Waals surface area contributed by atoms with Crippen molar-refractivity contribution in [3.05, 3.63) is 0 Å². The maximum atomic E-state index is 12.3. The summed E-state index contributed by atoms with van der Waals surface area (Å²) >= 11 is 0. The third-order valence-electron chi connectivity index (χ3n) is 3.48. The van der Waals surface area contributed by atoms with E-state index in [1.54, 1.807) is 13.8 Å². The van der Waals surface area contributed by atoms with Gasteiger partial charge in [0, 0.05) is 17.1 Å². The highest BCUT2D eigenvalue weighted by Crippen LogP contribution is 2.29. The monoisotopic (exact) mass is 297 g/mol. The predicted octanol–water partition coefficient (Wildman–Crippen LogP) is 1.72. The zero-order valence-corrected chi connectivity index (χ0v) is 13.8. The molecule has 1 aliphatic rings. The molecule has 1 aliphatic heterocycles. The number of urea groups is 1. The second kappa shape index (κ2) is 5.71. The normalized spacial score (nSPS) is 22.2. The molecule has 1 fully saturated rings. The summed E-state index contributed by atoms with van der Waals surface area (Å²) in [4.78, 5) is 23.0. The van der Waals surface area contributed by atoms with Crippen molar-refractivity contribution in [3.8, 4) is 0 Å². The zero-order valence-electron chi connectivity index (χ0n) is 13.8. The first kappa shape index (κ1) is 17.6. The molecule has 7 heteroatoms. The molecule has 120 valence electrons. The smallest absolute Gasteiger partial charge is 0.351 e. The molecule has 3 amide bonds. The number of carbonyl (C=O) groups is 2. The van der Waals surface area contributed by atoms with Crippen LogP contribution in [0.15, 0.2) is 10.2 Å². The van der Waals surface area contributed by atoms with Gasteiger partial charge in [-0.1, -0.05) is 5.11 Å². The molecule has 0 spiro atoms. The van der Waals surface area contributed by atoms with E-state index in [9.17, 15) is 9.59 Å². The van der Waals surface area contributed by atoms with Crippen molar-refractivity contribution in [2.45, 2.75) is 77.0 Å². The molecule has 0 aliphatic carbocycles. The number of azo groups is 1. The summed E-state index contributed by atoms with van der Waals surface area (Å²) in [7, 11) is 0. The minimum absolute atomic E-state index is 0.0480. The second-order valence-electron chi connectivity index (χ2n) is 7.57. The SMILES string of the molecule is CC1(C)CC(NC(=O)C(C)(C)N=NC(N)=O)CC(C)(C)N1. The van der Waals surface area contributed by atoms with Crippen molar-refractivity contribution in [1.29, 1.82) is 0 Å². The topological polar surface area (TPSA) is 109 Å². The lowest BCUT2D eigenvalue weighted by Crippen LogP contribution is -2.63. The lowest BCUT2D eigenvalue weighted by molar-refractivity contribution is -0.126. The standard InChI is InChI=1S/C14H27N5O2/c1-12(2)7-9(8-13(3,4)18-12)16-10(20)14(5,6)19-17-11(15)21/h9,18H,7-8H2,1-6H3,(H2,15,21)(H,16,20). The molecule has 7 nitrogen and oxygen atoms in total. The number of nitrogens with one attached hydrogen (secondary N) is 2. The molecule has 0 atom stereocenters. The molecule has 0 aromatic carbocycles. The van der Waals surface area contributed by atoms with Crippen molar-refractivity contribution in [3.63, 3.8) is 0 Å². The summed E-state index contributed by atoms with van der Waals surface area (Å²) in [5.41, 5.74) is 3.69. The molecular weight excluding hydrogens is 270 g/mol. The molecular formula is C14H27N5O2. The minimum Gasteiger partial charge on any atom is -0.351 e. The number of amides is 3. The van der Waals surface area contributed by atoms with Crippen LogP contribution in [0.1, 0.15) is 54.4 Å². The molecule has 0 bridgehead atoms. The van der Waals surface area contributed by atoms with Crippen molar-refractivity contribution < 1.29 is 9.59 Å². The Morgan fingerprint density at radius 3 is 2.10 bits per heavy atom. The Kier molecular flexibility index (Phi) is 4.77. The van der Waals surface area contributed by atoms with Crippen LogP contribution in [0.3, 0.4) is 0 Å². The fourth-order valence-corrected chi connectivity index (χ4v) is 3.01. The molecule has 1 saturated heterocycles. The number of hydrogen-bond acceptors (Lipinski definition) is 4. The number of hydrogen-bond donors (Lipinski definition) is 3. The van der Waals surface area contributed by atoms with E-state index in [1.165, 1.54) is 0 Å². The first-order valence-corrected chi connectivity index (χ1v) is 7.16. The van der Waals surface area contributed by atoms with Gasteiger partial charge in [-0.15, -0.1) is 0 Å². The molecule has 0 aromatic rings. The first-order valence-electron chi connectivity index (χ1n) is 7.16. The quantitative estimate of drug-likeness (QED) is 0.690. The minimum atomic E-state index is -1.12. The Morgan fingerprint density at radius 1 is 1.19 bits per heavy atom. The van der Waals surface area contributed by atoms with Gasteiger partial charge in [-0.25, -0.2) is 4.79 Å². The summed E-state index contributed by atoms with van der Waals surface area (Å²) in [6.07, 6.45) is 1.65. The number of nitrogens with two attached hydrogens (primary N) is 1. The zero-order chi connectivity index (χ0) is 16.5. The van der Waals surface area contributed by atoms with Gasteiger partial charge in [0.1, 0.15) is 0 Å². The molecule has 21 heavy (non-hydrogen) atoms. The third kappa shape index (κ3) is 5.41. The average Bonchev–Trinajstić information content (AvgIpc) is 2.21. The highest BCUT2D eigenvalue weighted by atomic mass is 16.2. The fourth-order valence-electron chi connectivity index (χ4n) is 3.01. The van der Waals surface area contributed by atoms with Crippen LogP contribution in [0, 0.1) is 0 Å². The van der Waals surface area contributed by atoms with Gasteiger partial charge in [-0.05, 0) is 54.4 Å². The summed E-state index contributed by atoms with van der Waals surface area (Å²) in [6, 6.07) is -0.855. The van der Waals surface area contributed by atoms with Crippen LogP contribution in [0.25, 0.3) is 0 Å². The van der Waals surface area contributed by atoms with Gasteiger partial charge < -0.3 is 16.4 Å². The first-order chi connectivity index (χ1) is 9.33. The molecule has 1 heterocycles. The van der Waals surface area contributed by atoms with Crippen LogP contribution in [-0.4, -0.2) is 34.6 Å². The van der Waals surface area contributed by atoms with E-state index in [-0.39, 0.29) is 23.0 Å². The molecule has 0 aromatic heterocycles. The van der Waals surface area contributed by atoms with Gasteiger partial charge in [0.2, 0.25) is 5.91 Å². The molecule has 0 unspecified atom stereocenters. The van der Waals surface area contributed by atoms with Crippen molar-refractivity contribution in [1.82, 2.24) is 10.6 Å². The summed E-state index contributed by atoms with van der Waals surface area (Å²) < 4.78 is 0. The highest BCUT2D eigenvalue weighted by molar-refractivity contribution is 5.86. The van der Waals surface area contributed by atoms with Crippen LogP contribution in [-0.2, 0) is 4.79 Å². The number of piperidine rings is 1. The molecule has 4 N–H and O–H groups in total. The molecule has 0 saturated carbocycles. The largest absolute Gasteiger partial charge is 0.356 e. The van der Waals surface area contributed by atoms with E-state index in [2.05, 4.69) is 48.6 Å². The van der Waals surface area contributed by atoms with E-state index in [0.717, 1.165) is 12.8 Å². The van der Waals surface area contributed by atoms with Crippen LogP contribution >= 0.6 is 0 Å². The summed E-state index contributed by atoms with van der Waals surface area (Å²) in [5.74, 6) is -0.258. The van der Waals surface area contributed by atoms with Crippen molar-refractivity contribution in [2.75, 3.05) is 0 Å². The maximum Gasteiger partial charge on any atom is 0.356 e. The van der Waals surface area contributed by atoms with Crippen molar-refractivity contribution >= 4 is 11.9 Å². The fraction of sp³-hybridized carbons (Fsp3) is 0.857. The maximum absolute atomic E-state index is 12.3. The average molecular weight is 297 g/mol. The Labute approximate surface area is 126 Å². The van der Waals surface area contributed by atoms with E-state index >= 15 is 0 Å². The summed E-state index contributed by atoms with van der Waals surface area (Å²) in [6.45, 7) is 11.7.